The molecule has 1 aromatic rings. The summed E-state index contributed by atoms with van der Waals surface area (Å²) < 4.78 is 10.3. The van der Waals surface area contributed by atoms with Crippen LogP contribution < -0.4 is 5.32 Å². The van der Waals surface area contributed by atoms with E-state index in [9.17, 15) is 4.79 Å². The van der Waals surface area contributed by atoms with Crippen LogP contribution in [-0.2, 0) is 14.3 Å². The minimum absolute atomic E-state index is 0.192. The Morgan fingerprint density at radius 2 is 2.08 bits per heavy atom. The molecule has 2 rings (SSSR count). The van der Waals surface area contributed by atoms with Gasteiger partial charge in [-0.05, 0) is 37.7 Å². The molecule has 1 aliphatic rings. The molecule has 130 valence electrons. The lowest BCUT2D eigenvalue weighted by Crippen LogP contribution is -2.47. The van der Waals surface area contributed by atoms with Gasteiger partial charge in [0.25, 0.3) is 0 Å². The molecule has 0 saturated heterocycles. The molecule has 7 heteroatoms. The number of ether oxygens (including phenoxy) is 2. The highest BCUT2D eigenvalue weighted by molar-refractivity contribution is 7.80. The predicted octanol–water partition coefficient (Wildman–Crippen LogP) is 3.05. The van der Waals surface area contributed by atoms with Crippen LogP contribution in [0.15, 0.2) is 35.5 Å². The number of benzene rings is 1. The maximum absolute atomic E-state index is 12.7. The van der Waals surface area contributed by atoms with Crippen molar-refractivity contribution in [1.29, 1.82) is 0 Å². The van der Waals surface area contributed by atoms with Crippen molar-refractivity contribution < 1.29 is 14.3 Å². The summed E-state index contributed by atoms with van der Waals surface area (Å²) >= 11 is 11.8. The number of esters is 1. The fourth-order valence-electron chi connectivity index (χ4n) is 2.66. The lowest BCUT2D eigenvalue weighted by Gasteiger charge is -2.37. The molecular weight excluding hydrogens is 348 g/mol. The number of rotatable bonds is 6. The standard InChI is InChI=1S/C17H21ClN2O3S/c1-4-20-11(2)14(16(21)23-10-9-22-3)15(19-17(20)24)12-7-5-6-8-13(12)18/h5-8,15H,4,9-10H2,1-3H3,(H,19,24)/t15-/m1/s1. The highest BCUT2D eigenvalue weighted by atomic mass is 35.5. The maximum Gasteiger partial charge on any atom is 0.338 e. The van der Waals surface area contributed by atoms with Crippen molar-refractivity contribution in [1.82, 2.24) is 10.2 Å². The second-order valence-electron chi connectivity index (χ2n) is 5.28. The van der Waals surface area contributed by atoms with Gasteiger partial charge < -0.3 is 19.7 Å². The van der Waals surface area contributed by atoms with E-state index in [0.29, 0.717) is 28.9 Å². The number of carbonyl (C=O) groups excluding carboxylic acids is 1. The maximum atomic E-state index is 12.7. The van der Waals surface area contributed by atoms with Gasteiger partial charge in [-0.1, -0.05) is 29.8 Å². The molecule has 1 N–H and O–H groups in total. The first-order valence-corrected chi connectivity index (χ1v) is 8.49. The van der Waals surface area contributed by atoms with Crippen molar-refractivity contribution in [3.8, 4) is 0 Å². The Labute approximate surface area is 152 Å². The quantitative estimate of drug-likeness (QED) is 0.473. The summed E-state index contributed by atoms with van der Waals surface area (Å²) in [5.74, 6) is -0.400. The number of thiocarbonyl (C=S) groups is 1. The molecule has 0 amide bonds. The molecule has 1 aromatic carbocycles. The highest BCUT2D eigenvalue weighted by Crippen LogP contribution is 2.34. The van der Waals surface area contributed by atoms with Crippen LogP contribution in [0.3, 0.4) is 0 Å². The molecule has 0 unspecified atom stereocenters. The molecule has 0 fully saturated rings. The van der Waals surface area contributed by atoms with Crippen LogP contribution in [-0.4, -0.2) is 42.8 Å². The number of halogens is 1. The Bertz CT molecular complexity index is 663. The molecule has 0 aliphatic carbocycles. The summed E-state index contributed by atoms with van der Waals surface area (Å²) in [4.78, 5) is 14.5. The molecule has 24 heavy (non-hydrogen) atoms. The van der Waals surface area contributed by atoms with Crippen LogP contribution >= 0.6 is 23.8 Å². The number of hydrogen-bond donors (Lipinski definition) is 1. The third kappa shape index (κ3) is 3.88. The molecule has 0 bridgehead atoms. The molecule has 1 atom stereocenters. The van der Waals surface area contributed by atoms with Crippen molar-refractivity contribution in [2.45, 2.75) is 19.9 Å². The Morgan fingerprint density at radius 3 is 2.71 bits per heavy atom. The third-order valence-corrected chi connectivity index (χ3v) is 4.55. The SMILES string of the molecule is CCN1C(=S)N[C@H](c2ccccc2Cl)C(C(=O)OCCOC)=C1C. The van der Waals surface area contributed by atoms with Crippen molar-refractivity contribution in [2.75, 3.05) is 26.9 Å². The number of nitrogens with one attached hydrogen (secondary N) is 1. The molecule has 0 radical (unpaired) electrons. The summed E-state index contributed by atoms with van der Waals surface area (Å²) in [6, 6.07) is 6.94. The van der Waals surface area contributed by atoms with E-state index in [1.54, 1.807) is 13.2 Å². The third-order valence-electron chi connectivity index (χ3n) is 3.87. The monoisotopic (exact) mass is 368 g/mol. The van der Waals surface area contributed by atoms with E-state index in [1.165, 1.54) is 0 Å². The first-order valence-electron chi connectivity index (χ1n) is 7.70. The van der Waals surface area contributed by atoms with Gasteiger partial charge in [-0.2, -0.15) is 0 Å². The number of carbonyl (C=O) groups is 1. The number of methoxy groups -OCH3 is 1. The molecule has 1 aliphatic heterocycles. The van der Waals surface area contributed by atoms with Crippen LogP contribution in [0.2, 0.25) is 5.02 Å². The first-order chi connectivity index (χ1) is 11.5. The van der Waals surface area contributed by atoms with Crippen LogP contribution in [0.25, 0.3) is 0 Å². The molecule has 0 spiro atoms. The summed E-state index contributed by atoms with van der Waals surface area (Å²) in [5.41, 5.74) is 2.07. The normalized spacial score (nSPS) is 17.8. The fraction of sp³-hybridized carbons (Fsp3) is 0.412. The molecular formula is C17H21ClN2O3S. The average molecular weight is 369 g/mol. The minimum Gasteiger partial charge on any atom is -0.460 e. The van der Waals surface area contributed by atoms with Crippen LogP contribution in [0.1, 0.15) is 25.5 Å². The van der Waals surface area contributed by atoms with Gasteiger partial charge in [-0.25, -0.2) is 4.79 Å². The zero-order valence-electron chi connectivity index (χ0n) is 14.0. The molecule has 0 aromatic heterocycles. The molecule has 1 heterocycles. The molecule has 0 saturated carbocycles. The highest BCUT2D eigenvalue weighted by Gasteiger charge is 2.35. The summed E-state index contributed by atoms with van der Waals surface area (Å²) in [7, 11) is 1.56. The largest absolute Gasteiger partial charge is 0.460 e. The van der Waals surface area contributed by atoms with Gasteiger partial charge in [0.1, 0.15) is 6.61 Å². The van der Waals surface area contributed by atoms with E-state index in [4.69, 9.17) is 33.3 Å². The second-order valence-corrected chi connectivity index (χ2v) is 6.07. The van der Waals surface area contributed by atoms with Crippen LogP contribution in [0.5, 0.6) is 0 Å². The van der Waals surface area contributed by atoms with Crippen molar-refractivity contribution >= 4 is 34.9 Å². The Balaban J connectivity index is 2.44. The van der Waals surface area contributed by atoms with E-state index in [-0.39, 0.29) is 6.61 Å². The van der Waals surface area contributed by atoms with Gasteiger partial charge >= 0.3 is 5.97 Å². The Morgan fingerprint density at radius 1 is 1.38 bits per heavy atom. The summed E-state index contributed by atoms with van der Waals surface area (Å²) in [6.45, 7) is 5.03. The zero-order valence-corrected chi connectivity index (χ0v) is 15.5. The van der Waals surface area contributed by atoms with Crippen LogP contribution in [0, 0.1) is 0 Å². The predicted molar refractivity (Wildman–Crippen MR) is 97.8 cm³/mol. The average Bonchev–Trinajstić information content (AvgIpc) is 2.55. The number of nitrogens with zero attached hydrogens (tertiary/aromatic N) is 1. The topological polar surface area (TPSA) is 50.8 Å². The Hall–Kier alpha value is -1.63. The van der Waals surface area contributed by atoms with Gasteiger partial charge in [0.2, 0.25) is 0 Å². The van der Waals surface area contributed by atoms with Crippen LogP contribution in [0.4, 0.5) is 0 Å². The smallest absolute Gasteiger partial charge is 0.338 e. The van der Waals surface area contributed by atoms with E-state index >= 15 is 0 Å². The zero-order chi connectivity index (χ0) is 17.7. The van der Waals surface area contributed by atoms with Gasteiger partial charge in [-0.15, -0.1) is 0 Å². The first kappa shape index (κ1) is 18.7. The van der Waals surface area contributed by atoms with Gasteiger partial charge in [0.15, 0.2) is 5.11 Å². The fourth-order valence-corrected chi connectivity index (χ4v) is 3.29. The summed E-state index contributed by atoms with van der Waals surface area (Å²) in [5, 5.41) is 4.34. The number of hydrogen-bond acceptors (Lipinski definition) is 4. The minimum atomic E-state index is -0.441. The molecule has 5 nitrogen and oxygen atoms in total. The van der Waals surface area contributed by atoms with Gasteiger partial charge in [-0.3, -0.25) is 0 Å². The number of allylic oxidation sites excluding steroid dienone is 1. The van der Waals surface area contributed by atoms with E-state index < -0.39 is 12.0 Å². The Kier molecular flexibility index (Phi) is 6.60. The second kappa shape index (κ2) is 8.46. The van der Waals surface area contributed by atoms with Gasteiger partial charge in [0, 0.05) is 24.4 Å². The van der Waals surface area contributed by atoms with E-state index in [0.717, 1.165) is 11.3 Å². The van der Waals surface area contributed by atoms with Gasteiger partial charge in [0.05, 0.1) is 18.2 Å². The lowest BCUT2D eigenvalue weighted by atomic mass is 9.95. The van der Waals surface area contributed by atoms with Crippen molar-refractivity contribution in [3.05, 3.63) is 46.1 Å². The van der Waals surface area contributed by atoms with Crippen molar-refractivity contribution in [2.24, 2.45) is 0 Å². The lowest BCUT2D eigenvalue weighted by molar-refractivity contribution is -0.140. The van der Waals surface area contributed by atoms with Crippen molar-refractivity contribution in [3.63, 3.8) is 0 Å². The van der Waals surface area contributed by atoms with E-state index in [2.05, 4.69) is 5.32 Å². The van der Waals surface area contributed by atoms with E-state index in [1.807, 2.05) is 36.9 Å². The summed E-state index contributed by atoms with van der Waals surface area (Å²) in [6.07, 6.45) is 0.